The molecule has 0 saturated heterocycles. The number of carbonyl (C=O) groups is 2. The first kappa shape index (κ1) is 25.9. The summed E-state index contributed by atoms with van der Waals surface area (Å²) in [6.45, 7) is -0.781. The third kappa shape index (κ3) is 10.0. The largest absolute Gasteiger partial charge is 0.478 e. The van der Waals surface area contributed by atoms with E-state index in [1.165, 1.54) is 6.07 Å². The van der Waals surface area contributed by atoms with E-state index in [1.54, 1.807) is 0 Å². The molecule has 1 aromatic rings. The van der Waals surface area contributed by atoms with Gasteiger partial charge in [0, 0.05) is 0 Å². The van der Waals surface area contributed by atoms with Crippen LogP contribution in [0.25, 0.3) is 0 Å². The fourth-order valence-corrected chi connectivity index (χ4v) is 2.24. The molecule has 0 bridgehead atoms. The minimum atomic E-state index is -1.31. The number of carboxylic acid groups (broad SMARTS) is 2. The van der Waals surface area contributed by atoms with Crippen molar-refractivity contribution in [3.05, 3.63) is 34.4 Å². The van der Waals surface area contributed by atoms with Gasteiger partial charge in [0.2, 0.25) is 0 Å². The van der Waals surface area contributed by atoms with Crippen LogP contribution in [-0.2, 0) is 41.6 Å². The maximum absolute atomic E-state index is 11.6. The maximum Gasteiger partial charge on any atom is 0.336 e. The Bertz CT molecular complexity index is 648. The van der Waals surface area contributed by atoms with Crippen molar-refractivity contribution in [2.45, 2.75) is 13.2 Å². The van der Waals surface area contributed by atoms with E-state index in [9.17, 15) is 19.8 Å². The lowest BCUT2D eigenvalue weighted by atomic mass is 9.98. The molecule has 30 heavy (non-hydrogen) atoms. The van der Waals surface area contributed by atoms with Crippen LogP contribution in [-0.4, -0.2) is 86.0 Å². The second kappa shape index (κ2) is 15.6. The molecule has 170 valence electrons. The molecule has 0 heterocycles. The van der Waals surface area contributed by atoms with Crippen molar-refractivity contribution in [1.82, 2.24) is 0 Å². The van der Waals surface area contributed by atoms with Gasteiger partial charge in [-0.25, -0.2) is 9.59 Å². The zero-order chi connectivity index (χ0) is 22.2. The highest BCUT2D eigenvalue weighted by atomic mass is 16.7. The summed E-state index contributed by atoms with van der Waals surface area (Å²) in [5, 5.41) is 35.7. The molecule has 0 aliphatic rings. The van der Waals surface area contributed by atoms with E-state index in [0.29, 0.717) is 5.56 Å². The Balaban J connectivity index is 2.75. The first-order valence-corrected chi connectivity index (χ1v) is 8.81. The van der Waals surface area contributed by atoms with Crippen LogP contribution < -0.4 is 0 Å². The average molecular weight is 434 g/mol. The molecule has 0 unspecified atom stereocenters. The normalized spacial score (nSPS) is 11.0. The average Bonchev–Trinajstić information content (AvgIpc) is 2.72. The summed E-state index contributed by atoms with van der Waals surface area (Å²) in [6, 6.07) is 2.35. The van der Waals surface area contributed by atoms with Crippen molar-refractivity contribution in [3.63, 3.8) is 0 Å². The first-order chi connectivity index (χ1) is 14.5. The zero-order valence-corrected chi connectivity index (χ0v) is 16.3. The Hall–Kier alpha value is -2.16. The van der Waals surface area contributed by atoms with Gasteiger partial charge in [-0.15, -0.1) is 0 Å². The lowest BCUT2D eigenvalue weighted by molar-refractivity contribution is -0.0932. The van der Waals surface area contributed by atoms with Gasteiger partial charge in [-0.2, -0.15) is 0 Å². The van der Waals surface area contributed by atoms with Gasteiger partial charge in [-0.3, -0.25) is 0 Å². The fraction of sp³-hybridized carbons (Fsp3) is 0.556. The Morgan fingerprint density at radius 3 is 1.73 bits per heavy atom. The molecule has 4 N–H and O–H groups in total. The lowest BCUT2D eigenvalue weighted by Crippen LogP contribution is -2.14. The van der Waals surface area contributed by atoms with Crippen LogP contribution in [0.15, 0.2) is 12.1 Å². The summed E-state index contributed by atoms with van der Waals surface area (Å²) >= 11 is 0. The SMILES string of the molecule is O=C(O)c1cc(COCOCCOCO)c(COCOCCOCO)c(C(=O)O)c1. The van der Waals surface area contributed by atoms with Crippen molar-refractivity contribution >= 4 is 11.9 Å². The van der Waals surface area contributed by atoms with Gasteiger partial charge in [0.25, 0.3) is 0 Å². The zero-order valence-electron chi connectivity index (χ0n) is 16.3. The second-order valence-corrected chi connectivity index (χ2v) is 5.60. The summed E-state index contributed by atoms with van der Waals surface area (Å²) in [5.74, 6) is -2.59. The molecule has 0 aromatic heterocycles. The van der Waals surface area contributed by atoms with E-state index >= 15 is 0 Å². The minimum Gasteiger partial charge on any atom is -0.478 e. The van der Waals surface area contributed by atoms with Crippen LogP contribution in [0.2, 0.25) is 0 Å². The molecule has 1 aromatic carbocycles. The van der Waals surface area contributed by atoms with Gasteiger partial charge in [-0.05, 0) is 23.3 Å². The monoisotopic (exact) mass is 434 g/mol. The second-order valence-electron chi connectivity index (χ2n) is 5.60. The smallest absolute Gasteiger partial charge is 0.336 e. The number of hydrogen-bond acceptors (Lipinski definition) is 10. The Kier molecular flexibility index (Phi) is 13.5. The number of aliphatic hydroxyl groups excluding tert-OH is 2. The quantitative estimate of drug-likeness (QED) is 0.180. The Labute approximate surface area is 172 Å². The molecular weight excluding hydrogens is 408 g/mol. The summed E-state index contributed by atoms with van der Waals surface area (Å²) in [7, 11) is 0. The fourth-order valence-electron chi connectivity index (χ4n) is 2.24. The predicted octanol–water partition coefficient (Wildman–Crippen LogP) is -0.00280. The predicted molar refractivity (Wildman–Crippen MR) is 97.7 cm³/mol. The number of aromatic carboxylic acids is 2. The van der Waals surface area contributed by atoms with E-state index in [2.05, 4.69) is 9.47 Å². The first-order valence-electron chi connectivity index (χ1n) is 8.81. The number of aliphatic hydroxyl groups is 2. The van der Waals surface area contributed by atoms with Crippen LogP contribution in [0.4, 0.5) is 0 Å². The van der Waals surface area contributed by atoms with Crippen LogP contribution in [0.3, 0.4) is 0 Å². The molecule has 0 spiro atoms. The molecule has 0 atom stereocenters. The molecule has 0 radical (unpaired) electrons. The van der Waals surface area contributed by atoms with E-state index in [4.69, 9.17) is 29.2 Å². The van der Waals surface area contributed by atoms with E-state index in [-0.39, 0.29) is 69.9 Å². The molecule has 0 aliphatic heterocycles. The number of rotatable bonds is 18. The standard InChI is InChI=1S/C18H26O12/c19-9-25-1-3-27-11-29-7-14-5-13(17(21)22)6-15(18(23)24)16(14)8-30-12-28-4-2-26-10-20/h5-6,19-20H,1-4,7-12H2,(H,21,22)(H,23,24). The summed E-state index contributed by atoms with van der Waals surface area (Å²) in [6.07, 6.45) is 0. The van der Waals surface area contributed by atoms with Gasteiger partial charge >= 0.3 is 11.9 Å². The highest BCUT2D eigenvalue weighted by Crippen LogP contribution is 2.21. The molecule has 12 heteroatoms. The summed E-state index contributed by atoms with van der Waals surface area (Å²) in [5.41, 5.74) is 0.122. The van der Waals surface area contributed by atoms with Gasteiger partial charge in [0.1, 0.15) is 27.2 Å². The Morgan fingerprint density at radius 2 is 1.23 bits per heavy atom. The lowest BCUT2D eigenvalue weighted by Gasteiger charge is -2.15. The van der Waals surface area contributed by atoms with Crippen LogP contribution in [0.5, 0.6) is 0 Å². The highest BCUT2D eigenvalue weighted by Gasteiger charge is 2.19. The third-order valence-electron chi connectivity index (χ3n) is 3.58. The molecule has 12 nitrogen and oxygen atoms in total. The van der Waals surface area contributed by atoms with E-state index in [1.807, 2.05) is 0 Å². The molecule has 1 rings (SSSR count). The molecule has 0 saturated carbocycles. The topological polar surface area (TPSA) is 170 Å². The van der Waals surface area contributed by atoms with Gasteiger partial charge < -0.3 is 48.8 Å². The van der Waals surface area contributed by atoms with E-state index in [0.717, 1.165) is 6.07 Å². The Morgan fingerprint density at radius 1 is 0.700 bits per heavy atom. The third-order valence-corrected chi connectivity index (χ3v) is 3.58. The number of carboxylic acids is 2. The van der Waals surface area contributed by atoms with Crippen LogP contribution >= 0.6 is 0 Å². The van der Waals surface area contributed by atoms with Gasteiger partial charge in [-0.1, -0.05) is 0 Å². The number of hydrogen-bond donors (Lipinski definition) is 4. The number of benzene rings is 1. The van der Waals surface area contributed by atoms with Gasteiger partial charge in [0.05, 0.1) is 50.8 Å². The maximum atomic E-state index is 11.6. The minimum absolute atomic E-state index is 0.119. The van der Waals surface area contributed by atoms with Crippen LogP contribution in [0, 0.1) is 0 Å². The summed E-state index contributed by atoms with van der Waals surface area (Å²) in [4.78, 5) is 22.9. The number of ether oxygens (including phenoxy) is 6. The molecule has 0 aliphatic carbocycles. The summed E-state index contributed by atoms with van der Waals surface area (Å²) < 4.78 is 30.3. The molecular formula is C18H26O12. The van der Waals surface area contributed by atoms with Crippen LogP contribution in [0.1, 0.15) is 31.8 Å². The van der Waals surface area contributed by atoms with Crippen molar-refractivity contribution in [3.8, 4) is 0 Å². The van der Waals surface area contributed by atoms with Gasteiger partial charge in [0.15, 0.2) is 0 Å². The molecule has 0 amide bonds. The van der Waals surface area contributed by atoms with Crippen molar-refractivity contribution < 1.29 is 58.4 Å². The van der Waals surface area contributed by atoms with E-state index < -0.39 is 25.5 Å². The highest BCUT2D eigenvalue weighted by molar-refractivity contribution is 5.95. The van der Waals surface area contributed by atoms with Crippen molar-refractivity contribution in [2.75, 3.05) is 53.6 Å². The molecule has 0 fully saturated rings. The van der Waals surface area contributed by atoms with Crippen molar-refractivity contribution in [2.24, 2.45) is 0 Å². The van der Waals surface area contributed by atoms with Crippen molar-refractivity contribution in [1.29, 1.82) is 0 Å².